The molecule has 140 valence electrons. The molecule has 1 fully saturated rings. The quantitative estimate of drug-likeness (QED) is 0.496. The van der Waals surface area contributed by atoms with E-state index in [4.69, 9.17) is 4.74 Å². The van der Waals surface area contributed by atoms with E-state index in [1.165, 1.54) is 12.7 Å². The van der Waals surface area contributed by atoms with Crippen molar-refractivity contribution in [1.82, 2.24) is 10.2 Å². The molecule has 1 aromatic carbocycles. The van der Waals surface area contributed by atoms with Gasteiger partial charge >= 0.3 is 5.97 Å². The van der Waals surface area contributed by atoms with Crippen LogP contribution in [-0.2, 0) is 20.7 Å². The molecular weight excluding hydrogens is 332 g/mol. The zero-order valence-corrected chi connectivity index (χ0v) is 15.4. The summed E-state index contributed by atoms with van der Waals surface area (Å²) in [6.07, 6.45) is 2.37. The zero-order chi connectivity index (χ0) is 18.5. The van der Waals surface area contributed by atoms with Crippen LogP contribution >= 0.6 is 0 Å². The summed E-state index contributed by atoms with van der Waals surface area (Å²) in [5.74, 6) is 0.558. The fourth-order valence-corrected chi connectivity index (χ4v) is 3.67. The highest BCUT2D eigenvalue weighted by molar-refractivity contribution is 5.98. The number of anilines is 1. The summed E-state index contributed by atoms with van der Waals surface area (Å²) in [4.78, 5) is 32.5. The predicted octanol–water partition coefficient (Wildman–Crippen LogP) is 1.04. The smallest absolute Gasteiger partial charge is 0.308 e. The molecule has 0 radical (unpaired) electrons. The number of carbonyl (C=O) groups is 2. The van der Waals surface area contributed by atoms with Gasteiger partial charge in [0.05, 0.1) is 19.6 Å². The summed E-state index contributed by atoms with van der Waals surface area (Å²) in [5.41, 5.74) is 2.23. The molecule has 0 atom stereocenters. The van der Waals surface area contributed by atoms with E-state index in [-0.39, 0.29) is 24.3 Å². The van der Waals surface area contributed by atoms with Gasteiger partial charge in [-0.1, -0.05) is 18.2 Å². The second-order valence-electron chi connectivity index (χ2n) is 6.61. The minimum Gasteiger partial charge on any atom is -0.469 e. The molecule has 26 heavy (non-hydrogen) atoms. The van der Waals surface area contributed by atoms with E-state index < -0.39 is 0 Å². The Morgan fingerprint density at radius 1 is 1.23 bits per heavy atom. The molecule has 0 bridgehead atoms. The first-order valence-electron chi connectivity index (χ1n) is 9.05. The van der Waals surface area contributed by atoms with Gasteiger partial charge in [-0.05, 0) is 30.9 Å². The number of hydrogen-bond donors (Lipinski definition) is 1. The Morgan fingerprint density at radius 2 is 1.96 bits per heavy atom. The number of ether oxygens (including phenoxy) is 1. The van der Waals surface area contributed by atoms with Crippen LogP contribution in [0.15, 0.2) is 29.3 Å². The molecule has 3 rings (SSSR count). The lowest BCUT2D eigenvalue weighted by molar-refractivity contribution is -0.146. The van der Waals surface area contributed by atoms with Crippen molar-refractivity contribution in [2.24, 2.45) is 10.9 Å². The molecule has 0 saturated carbocycles. The molecule has 0 spiro atoms. The molecule has 1 amide bonds. The van der Waals surface area contributed by atoms with Crippen molar-refractivity contribution < 1.29 is 14.3 Å². The van der Waals surface area contributed by atoms with Crippen molar-refractivity contribution >= 4 is 23.5 Å². The average Bonchev–Trinajstić information content (AvgIpc) is 3.12. The third kappa shape index (κ3) is 3.81. The van der Waals surface area contributed by atoms with E-state index in [0.717, 1.165) is 44.6 Å². The number of nitrogens with one attached hydrogen (secondary N) is 1. The first kappa shape index (κ1) is 18.2. The summed E-state index contributed by atoms with van der Waals surface area (Å²) >= 11 is 0. The Hall–Kier alpha value is -2.57. The standard InChI is InChI=1S/C19H26N4O3/c1-20-19(22-10-7-15(8-11-22)18(25)26-2)21-13-17(24)23-12-9-14-5-3-4-6-16(14)23/h3-6,15H,7-13H2,1-2H3,(H,20,21). The molecule has 1 saturated heterocycles. The number of para-hydroxylation sites is 1. The van der Waals surface area contributed by atoms with E-state index in [2.05, 4.69) is 21.3 Å². The van der Waals surface area contributed by atoms with Crippen molar-refractivity contribution in [2.45, 2.75) is 19.3 Å². The lowest BCUT2D eigenvalue weighted by Gasteiger charge is -2.33. The number of amides is 1. The zero-order valence-electron chi connectivity index (χ0n) is 15.4. The van der Waals surface area contributed by atoms with Crippen molar-refractivity contribution in [1.29, 1.82) is 0 Å². The topological polar surface area (TPSA) is 74.2 Å². The maximum Gasteiger partial charge on any atom is 0.308 e. The summed E-state index contributed by atoms with van der Waals surface area (Å²) in [6, 6.07) is 8.03. The SMILES string of the molecule is CN=C(NCC(=O)N1CCc2ccccc21)N1CCC(C(=O)OC)CC1. The highest BCUT2D eigenvalue weighted by atomic mass is 16.5. The number of likely N-dealkylation sites (tertiary alicyclic amines) is 1. The highest BCUT2D eigenvalue weighted by Crippen LogP contribution is 2.27. The fourth-order valence-electron chi connectivity index (χ4n) is 3.67. The predicted molar refractivity (Wildman–Crippen MR) is 100 cm³/mol. The number of nitrogens with zero attached hydrogens (tertiary/aromatic N) is 3. The largest absolute Gasteiger partial charge is 0.469 e. The van der Waals surface area contributed by atoms with E-state index in [0.29, 0.717) is 5.96 Å². The van der Waals surface area contributed by atoms with Gasteiger partial charge in [-0.25, -0.2) is 0 Å². The average molecular weight is 358 g/mol. The van der Waals surface area contributed by atoms with Gasteiger partial charge in [-0.15, -0.1) is 0 Å². The monoisotopic (exact) mass is 358 g/mol. The van der Waals surface area contributed by atoms with Gasteiger partial charge in [0.25, 0.3) is 0 Å². The van der Waals surface area contributed by atoms with E-state index in [1.807, 2.05) is 23.1 Å². The first-order valence-corrected chi connectivity index (χ1v) is 9.05. The lowest BCUT2D eigenvalue weighted by atomic mass is 9.97. The Bertz CT molecular complexity index is 696. The van der Waals surface area contributed by atoms with Crippen LogP contribution in [0.5, 0.6) is 0 Å². The van der Waals surface area contributed by atoms with Crippen LogP contribution in [0.1, 0.15) is 18.4 Å². The van der Waals surface area contributed by atoms with Crippen LogP contribution in [0, 0.1) is 5.92 Å². The first-order chi connectivity index (χ1) is 12.6. The van der Waals surface area contributed by atoms with E-state index in [1.54, 1.807) is 7.05 Å². The van der Waals surface area contributed by atoms with Crippen molar-refractivity contribution in [3.8, 4) is 0 Å². The number of hydrogen-bond acceptors (Lipinski definition) is 4. The number of benzene rings is 1. The number of carbonyl (C=O) groups excluding carboxylic acids is 2. The Morgan fingerprint density at radius 3 is 2.65 bits per heavy atom. The third-order valence-electron chi connectivity index (χ3n) is 5.13. The third-order valence-corrected chi connectivity index (χ3v) is 5.13. The molecule has 7 heteroatoms. The van der Waals surface area contributed by atoms with Crippen LogP contribution in [-0.4, -0.2) is 63.1 Å². The normalized spacial score (nSPS) is 17.8. The minimum absolute atomic E-state index is 0.0422. The second-order valence-corrected chi connectivity index (χ2v) is 6.61. The summed E-state index contributed by atoms with van der Waals surface area (Å²) in [5, 5.41) is 3.17. The van der Waals surface area contributed by atoms with Crippen LogP contribution in [0.25, 0.3) is 0 Å². The molecular formula is C19H26N4O3. The molecule has 2 heterocycles. The number of guanidine groups is 1. The second kappa shape index (κ2) is 8.21. The molecule has 0 aliphatic carbocycles. The van der Waals surface area contributed by atoms with Crippen molar-refractivity contribution in [3.63, 3.8) is 0 Å². The van der Waals surface area contributed by atoms with Crippen LogP contribution in [0.4, 0.5) is 5.69 Å². The molecule has 1 N–H and O–H groups in total. The Labute approximate surface area is 154 Å². The Kier molecular flexibility index (Phi) is 5.75. The number of aliphatic imine (C=N–C) groups is 1. The highest BCUT2D eigenvalue weighted by Gasteiger charge is 2.28. The van der Waals surface area contributed by atoms with Gasteiger partial charge in [-0.2, -0.15) is 0 Å². The number of fused-ring (bicyclic) bond motifs is 1. The number of piperidine rings is 1. The van der Waals surface area contributed by atoms with Crippen LogP contribution < -0.4 is 10.2 Å². The summed E-state index contributed by atoms with van der Waals surface area (Å²) in [6.45, 7) is 2.38. The maximum atomic E-state index is 12.6. The Balaban J connectivity index is 1.52. The fraction of sp³-hybridized carbons (Fsp3) is 0.526. The van der Waals surface area contributed by atoms with Crippen molar-refractivity contribution in [2.75, 3.05) is 45.2 Å². The summed E-state index contributed by atoms with van der Waals surface area (Å²) in [7, 11) is 3.14. The molecule has 2 aliphatic rings. The molecule has 0 aromatic heterocycles. The molecule has 2 aliphatic heterocycles. The van der Waals surface area contributed by atoms with E-state index >= 15 is 0 Å². The number of methoxy groups -OCH3 is 1. The van der Waals surface area contributed by atoms with Gasteiger partial charge in [-0.3, -0.25) is 14.6 Å². The van der Waals surface area contributed by atoms with Gasteiger partial charge in [0.2, 0.25) is 5.91 Å². The number of rotatable bonds is 3. The summed E-state index contributed by atoms with van der Waals surface area (Å²) < 4.78 is 4.82. The van der Waals surface area contributed by atoms with Crippen LogP contribution in [0.2, 0.25) is 0 Å². The molecule has 7 nitrogen and oxygen atoms in total. The van der Waals surface area contributed by atoms with Gasteiger partial charge in [0.1, 0.15) is 0 Å². The van der Waals surface area contributed by atoms with E-state index in [9.17, 15) is 9.59 Å². The minimum atomic E-state index is -0.143. The van der Waals surface area contributed by atoms with Crippen molar-refractivity contribution in [3.05, 3.63) is 29.8 Å². The molecule has 1 aromatic rings. The lowest BCUT2D eigenvalue weighted by Crippen LogP contribution is -2.49. The number of esters is 1. The van der Waals surface area contributed by atoms with Gasteiger partial charge in [0.15, 0.2) is 5.96 Å². The molecule has 0 unspecified atom stereocenters. The van der Waals surface area contributed by atoms with Gasteiger partial charge in [0, 0.05) is 32.4 Å². The van der Waals surface area contributed by atoms with Gasteiger partial charge < -0.3 is 19.9 Å². The maximum absolute atomic E-state index is 12.6. The van der Waals surface area contributed by atoms with Crippen LogP contribution in [0.3, 0.4) is 0 Å².